The summed E-state index contributed by atoms with van der Waals surface area (Å²) in [5, 5.41) is 0.592. The van der Waals surface area contributed by atoms with Crippen molar-refractivity contribution in [1.29, 1.82) is 0 Å². The fourth-order valence-electron chi connectivity index (χ4n) is 2.01. The summed E-state index contributed by atoms with van der Waals surface area (Å²) in [6, 6.07) is 2.74. The maximum absolute atomic E-state index is 13.6. The van der Waals surface area contributed by atoms with Gasteiger partial charge in [-0.2, -0.15) is 0 Å². The molecule has 1 heterocycles. The first-order chi connectivity index (χ1) is 9.02. The van der Waals surface area contributed by atoms with E-state index in [-0.39, 0.29) is 17.7 Å². The lowest BCUT2D eigenvalue weighted by Crippen LogP contribution is -2.51. The Hall–Kier alpha value is -1.01. The average molecular weight is 334 g/mol. The average Bonchev–Trinajstić information content (AvgIpc) is 2.41. The van der Waals surface area contributed by atoms with Gasteiger partial charge in [0.05, 0.1) is 24.3 Å². The van der Waals surface area contributed by atoms with Gasteiger partial charge in [-0.25, -0.2) is 8.78 Å². The topological polar surface area (TPSA) is 29.5 Å². The lowest BCUT2D eigenvalue weighted by Gasteiger charge is -2.37. The summed E-state index contributed by atoms with van der Waals surface area (Å²) < 4.78 is 32.3. The highest BCUT2D eigenvalue weighted by Gasteiger charge is 2.31. The van der Waals surface area contributed by atoms with E-state index in [1.165, 1.54) is 4.90 Å². The van der Waals surface area contributed by atoms with Gasteiger partial charge in [-0.15, -0.1) is 0 Å². The molecular formula is C13H14BrF2NO2. The first-order valence-electron chi connectivity index (χ1n) is 5.96. The van der Waals surface area contributed by atoms with Gasteiger partial charge < -0.3 is 9.64 Å². The second kappa shape index (κ2) is 5.96. The normalized spacial score (nSPS) is 23.5. The van der Waals surface area contributed by atoms with Gasteiger partial charge in [-0.3, -0.25) is 4.79 Å². The van der Waals surface area contributed by atoms with Crippen molar-refractivity contribution in [2.45, 2.75) is 19.1 Å². The molecule has 19 heavy (non-hydrogen) atoms. The second-order valence-electron chi connectivity index (χ2n) is 4.54. The fraction of sp³-hybridized carbons (Fsp3) is 0.462. The number of benzene rings is 1. The summed E-state index contributed by atoms with van der Waals surface area (Å²) in [6.07, 6.45) is -0.128. The molecule has 0 bridgehead atoms. The molecule has 2 unspecified atom stereocenters. The summed E-state index contributed by atoms with van der Waals surface area (Å²) in [6.45, 7) is 2.57. The summed E-state index contributed by atoms with van der Waals surface area (Å²) in [5.41, 5.74) is -0.234. The van der Waals surface area contributed by atoms with E-state index in [4.69, 9.17) is 4.74 Å². The Morgan fingerprint density at radius 2 is 2.26 bits per heavy atom. The van der Waals surface area contributed by atoms with Crippen LogP contribution >= 0.6 is 15.9 Å². The van der Waals surface area contributed by atoms with Gasteiger partial charge in [0.2, 0.25) is 0 Å². The standard InChI is InChI=1S/C13H14BrF2NO2/c1-8-7-19-10(5-14)6-17(8)13(18)11-4-9(15)2-3-12(11)16/h2-4,8,10H,5-7H2,1H3. The summed E-state index contributed by atoms with van der Waals surface area (Å²) in [4.78, 5) is 13.8. The van der Waals surface area contributed by atoms with Crippen molar-refractivity contribution in [3.63, 3.8) is 0 Å². The first kappa shape index (κ1) is 14.4. The van der Waals surface area contributed by atoms with Crippen LogP contribution < -0.4 is 0 Å². The quantitative estimate of drug-likeness (QED) is 0.778. The van der Waals surface area contributed by atoms with Gasteiger partial charge in [0, 0.05) is 11.9 Å². The minimum atomic E-state index is -0.708. The fourth-order valence-corrected chi connectivity index (χ4v) is 2.40. The molecule has 0 spiro atoms. The number of carbonyl (C=O) groups excluding carboxylic acids is 1. The zero-order chi connectivity index (χ0) is 14.0. The zero-order valence-corrected chi connectivity index (χ0v) is 12.0. The maximum atomic E-state index is 13.6. The van der Waals surface area contributed by atoms with Gasteiger partial charge in [0.25, 0.3) is 5.91 Å². The molecule has 1 aliphatic rings. The highest BCUT2D eigenvalue weighted by molar-refractivity contribution is 9.09. The highest BCUT2D eigenvalue weighted by atomic mass is 79.9. The monoisotopic (exact) mass is 333 g/mol. The van der Waals surface area contributed by atoms with Crippen LogP contribution in [0.15, 0.2) is 18.2 Å². The molecule has 3 nitrogen and oxygen atoms in total. The number of rotatable bonds is 2. The van der Waals surface area contributed by atoms with Crippen LogP contribution in [0.3, 0.4) is 0 Å². The van der Waals surface area contributed by atoms with Crippen LogP contribution in [0.1, 0.15) is 17.3 Å². The minimum absolute atomic E-state index is 0.128. The molecule has 1 aromatic carbocycles. The molecule has 0 radical (unpaired) electrons. The van der Waals surface area contributed by atoms with E-state index in [2.05, 4.69) is 15.9 Å². The lowest BCUT2D eigenvalue weighted by molar-refractivity contribution is -0.0363. The Balaban J connectivity index is 2.24. The third-order valence-electron chi connectivity index (χ3n) is 3.10. The van der Waals surface area contributed by atoms with Gasteiger partial charge in [-0.05, 0) is 25.1 Å². The number of amides is 1. The Morgan fingerprint density at radius 3 is 2.95 bits per heavy atom. The molecule has 2 rings (SSSR count). The van der Waals surface area contributed by atoms with Crippen LogP contribution in [0.5, 0.6) is 0 Å². The number of hydrogen-bond donors (Lipinski definition) is 0. The molecule has 1 aliphatic heterocycles. The third-order valence-corrected chi connectivity index (χ3v) is 3.82. The van der Waals surface area contributed by atoms with Crippen LogP contribution in [0, 0.1) is 11.6 Å². The van der Waals surface area contributed by atoms with Gasteiger partial charge in [0.1, 0.15) is 11.6 Å². The van der Waals surface area contributed by atoms with E-state index >= 15 is 0 Å². The molecule has 104 valence electrons. The predicted molar refractivity (Wildman–Crippen MR) is 70.4 cm³/mol. The zero-order valence-electron chi connectivity index (χ0n) is 10.4. The highest BCUT2D eigenvalue weighted by Crippen LogP contribution is 2.19. The van der Waals surface area contributed by atoms with Crippen LogP contribution in [0.2, 0.25) is 0 Å². The van der Waals surface area contributed by atoms with E-state index < -0.39 is 17.5 Å². The van der Waals surface area contributed by atoms with Crippen molar-refractivity contribution in [2.75, 3.05) is 18.5 Å². The molecule has 0 saturated carbocycles. The number of ether oxygens (including phenoxy) is 1. The van der Waals surface area contributed by atoms with Crippen molar-refractivity contribution in [3.8, 4) is 0 Å². The van der Waals surface area contributed by atoms with Crippen LogP contribution in [0.4, 0.5) is 8.78 Å². The SMILES string of the molecule is CC1COC(CBr)CN1C(=O)c1cc(F)ccc1F. The number of halogens is 3. The van der Waals surface area contributed by atoms with Gasteiger partial charge in [-0.1, -0.05) is 15.9 Å². The molecule has 1 saturated heterocycles. The van der Waals surface area contributed by atoms with Crippen molar-refractivity contribution < 1.29 is 18.3 Å². The summed E-state index contributed by atoms with van der Waals surface area (Å²) in [7, 11) is 0. The molecule has 1 amide bonds. The molecule has 0 N–H and O–H groups in total. The van der Waals surface area contributed by atoms with Crippen LogP contribution in [0.25, 0.3) is 0 Å². The van der Waals surface area contributed by atoms with Gasteiger partial charge >= 0.3 is 0 Å². The van der Waals surface area contributed by atoms with E-state index in [0.717, 1.165) is 18.2 Å². The Bertz CT molecular complexity index is 484. The van der Waals surface area contributed by atoms with Crippen molar-refractivity contribution in [1.82, 2.24) is 4.90 Å². The lowest BCUT2D eigenvalue weighted by atomic mass is 10.1. The number of alkyl halides is 1. The molecule has 1 aromatic rings. The Kier molecular flexibility index (Phi) is 4.52. The van der Waals surface area contributed by atoms with Gasteiger partial charge in [0.15, 0.2) is 0 Å². The van der Waals surface area contributed by atoms with E-state index in [9.17, 15) is 13.6 Å². The smallest absolute Gasteiger partial charge is 0.257 e. The van der Waals surface area contributed by atoms with Crippen molar-refractivity contribution in [2.24, 2.45) is 0 Å². The molecule has 0 aromatic heterocycles. The van der Waals surface area contributed by atoms with Crippen LogP contribution in [-0.2, 0) is 4.74 Å². The van der Waals surface area contributed by atoms with Crippen LogP contribution in [-0.4, -0.2) is 41.4 Å². The van der Waals surface area contributed by atoms with Crippen molar-refractivity contribution in [3.05, 3.63) is 35.4 Å². The predicted octanol–water partition coefficient (Wildman–Crippen LogP) is 2.59. The number of carbonyl (C=O) groups is 1. The molecular weight excluding hydrogens is 320 g/mol. The summed E-state index contributed by atoms with van der Waals surface area (Å²) in [5.74, 6) is -1.83. The molecule has 2 atom stereocenters. The molecule has 1 fully saturated rings. The van der Waals surface area contributed by atoms with E-state index in [1.807, 2.05) is 6.92 Å². The number of nitrogens with zero attached hydrogens (tertiary/aromatic N) is 1. The summed E-state index contributed by atoms with van der Waals surface area (Å²) >= 11 is 3.29. The molecule has 6 heteroatoms. The third kappa shape index (κ3) is 3.12. The van der Waals surface area contributed by atoms with E-state index in [0.29, 0.717) is 18.5 Å². The second-order valence-corrected chi connectivity index (χ2v) is 5.19. The number of morpholine rings is 1. The largest absolute Gasteiger partial charge is 0.373 e. The first-order valence-corrected chi connectivity index (χ1v) is 7.08. The molecule has 0 aliphatic carbocycles. The maximum Gasteiger partial charge on any atom is 0.257 e. The Labute approximate surface area is 118 Å². The number of hydrogen-bond acceptors (Lipinski definition) is 2. The van der Waals surface area contributed by atoms with Crippen molar-refractivity contribution >= 4 is 21.8 Å². The minimum Gasteiger partial charge on any atom is -0.373 e. The Morgan fingerprint density at radius 1 is 1.53 bits per heavy atom. The van der Waals surface area contributed by atoms with E-state index in [1.54, 1.807) is 0 Å².